The number of hydrogen-bond acceptors (Lipinski definition) is 3. The van der Waals surface area contributed by atoms with Crippen molar-refractivity contribution in [2.45, 2.75) is 25.4 Å². The Bertz CT molecular complexity index is 271. The molecule has 1 aliphatic heterocycles. The van der Waals surface area contributed by atoms with Crippen LogP contribution in [0, 0.1) is 0 Å². The first-order chi connectivity index (χ1) is 6.81. The second kappa shape index (κ2) is 4.43. The highest BCUT2D eigenvalue weighted by molar-refractivity contribution is 7.10. The molecule has 1 N–H and O–H groups in total. The summed E-state index contributed by atoms with van der Waals surface area (Å²) in [5.74, 6) is 0. The van der Waals surface area contributed by atoms with Gasteiger partial charge >= 0.3 is 0 Å². The highest BCUT2D eigenvalue weighted by Crippen LogP contribution is 2.26. The highest BCUT2D eigenvalue weighted by atomic mass is 32.1. The molecule has 1 fully saturated rings. The van der Waals surface area contributed by atoms with Crippen LogP contribution in [0.15, 0.2) is 17.5 Å². The van der Waals surface area contributed by atoms with E-state index in [1.807, 2.05) is 11.3 Å². The maximum absolute atomic E-state index is 3.60. The minimum atomic E-state index is 0.581. The lowest BCUT2D eigenvalue weighted by Gasteiger charge is -2.37. The Morgan fingerprint density at radius 3 is 3.07 bits per heavy atom. The monoisotopic (exact) mass is 210 g/mol. The fourth-order valence-corrected chi connectivity index (χ4v) is 2.94. The lowest BCUT2D eigenvalue weighted by Crippen LogP contribution is -2.50. The van der Waals surface area contributed by atoms with Crippen LogP contribution >= 0.6 is 11.3 Å². The Labute approximate surface area is 89.9 Å². The normalized spacial score (nSPS) is 29.3. The summed E-state index contributed by atoms with van der Waals surface area (Å²) < 4.78 is 0. The molecule has 0 amide bonds. The fourth-order valence-electron chi connectivity index (χ4n) is 2.05. The highest BCUT2D eigenvalue weighted by Gasteiger charge is 2.25. The molecule has 0 saturated carbocycles. The predicted octanol–water partition coefficient (Wildman–Crippen LogP) is 2.10. The van der Waals surface area contributed by atoms with Crippen molar-refractivity contribution in [1.29, 1.82) is 0 Å². The van der Waals surface area contributed by atoms with E-state index < -0.39 is 0 Å². The van der Waals surface area contributed by atoms with Gasteiger partial charge in [-0.3, -0.25) is 4.90 Å². The smallest absolute Gasteiger partial charge is 0.0564 e. The average Bonchev–Trinajstić information content (AvgIpc) is 2.70. The summed E-state index contributed by atoms with van der Waals surface area (Å²) in [5, 5.41) is 5.76. The Balaban J connectivity index is 2.02. The van der Waals surface area contributed by atoms with Crippen LogP contribution in [0.1, 0.15) is 24.3 Å². The molecule has 1 aliphatic rings. The Morgan fingerprint density at radius 1 is 1.64 bits per heavy atom. The van der Waals surface area contributed by atoms with Crippen LogP contribution < -0.4 is 5.32 Å². The van der Waals surface area contributed by atoms with E-state index in [1.54, 1.807) is 0 Å². The third kappa shape index (κ3) is 2.00. The van der Waals surface area contributed by atoms with Crippen molar-refractivity contribution in [3.8, 4) is 0 Å². The summed E-state index contributed by atoms with van der Waals surface area (Å²) in [6, 6.07) is 5.63. The van der Waals surface area contributed by atoms with Crippen molar-refractivity contribution in [3.63, 3.8) is 0 Å². The van der Waals surface area contributed by atoms with Gasteiger partial charge in [0.1, 0.15) is 0 Å². The first-order valence-corrected chi connectivity index (χ1v) is 6.16. The van der Waals surface area contributed by atoms with Crippen molar-refractivity contribution >= 4 is 11.3 Å². The van der Waals surface area contributed by atoms with E-state index in [9.17, 15) is 0 Å². The molecule has 0 aromatic carbocycles. The summed E-state index contributed by atoms with van der Waals surface area (Å²) in [4.78, 5) is 3.95. The molecule has 2 heterocycles. The van der Waals surface area contributed by atoms with Gasteiger partial charge in [0.2, 0.25) is 0 Å². The molecular formula is C11H18N2S. The zero-order valence-electron chi connectivity index (χ0n) is 8.86. The Morgan fingerprint density at radius 2 is 2.50 bits per heavy atom. The number of likely N-dealkylation sites (N-methyl/N-ethyl adjacent to an activating group) is 1. The van der Waals surface area contributed by atoms with E-state index in [2.05, 4.69) is 41.7 Å². The van der Waals surface area contributed by atoms with E-state index in [0.29, 0.717) is 12.1 Å². The molecule has 2 rings (SSSR count). The summed E-state index contributed by atoms with van der Waals surface area (Å²) >= 11 is 1.86. The van der Waals surface area contributed by atoms with Crippen molar-refractivity contribution in [1.82, 2.24) is 10.2 Å². The Kier molecular flexibility index (Phi) is 3.21. The van der Waals surface area contributed by atoms with E-state index in [0.717, 1.165) is 6.54 Å². The van der Waals surface area contributed by atoms with Crippen LogP contribution in [0.3, 0.4) is 0 Å². The van der Waals surface area contributed by atoms with Crippen LogP contribution in [-0.4, -0.2) is 31.1 Å². The fraction of sp³-hybridized carbons (Fsp3) is 0.636. The van der Waals surface area contributed by atoms with Gasteiger partial charge in [0.25, 0.3) is 0 Å². The molecule has 2 atom stereocenters. The molecular weight excluding hydrogens is 192 g/mol. The van der Waals surface area contributed by atoms with E-state index in [1.165, 1.54) is 17.8 Å². The van der Waals surface area contributed by atoms with Crippen LogP contribution in [0.25, 0.3) is 0 Å². The Hall–Kier alpha value is -0.380. The average molecular weight is 210 g/mol. The number of hydrogen-bond donors (Lipinski definition) is 1. The summed E-state index contributed by atoms with van der Waals surface area (Å²) in [6.45, 7) is 4.51. The van der Waals surface area contributed by atoms with Crippen LogP contribution in [0.5, 0.6) is 0 Å². The molecule has 14 heavy (non-hydrogen) atoms. The van der Waals surface area contributed by atoms with Crippen molar-refractivity contribution < 1.29 is 0 Å². The van der Waals surface area contributed by atoms with Crippen molar-refractivity contribution in [3.05, 3.63) is 22.4 Å². The topological polar surface area (TPSA) is 15.3 Å². The van der Waals surface area contributed by atoms with Crippen molar-refractivity contribution in [2.24, 2.45) is 0 Å². The minimum absolute atomic E-state index is 0.581. The summed E-state index contributed by atoms with van der Waals surface area (Å²) in [6.07, 6.45) is 1.22. The van der Waals surface area contributed by atoms with Gasteiger partial charge in [-0.1, -0.05) is 13.0 Å². The number of thiophene rings is 1. The van der Waals surface area contributed by atoms with Gasteiger partial charge in [-0.2, -0.15) is 0 Å². The van der Waals surface area contributed by atoms with Gasteiger partial charge in [0, 0.05) is 24.0 Å². The minimum Gasteiger partial charge on any atom is -0.311 e. The molecule has 3 heteroatoms. The van der Waals surface area contributed by atoms with Gasteiger partial charge in [0.05, 0.1) is 6.04 Å². The molecule has 0 spiro atoms. The molecule has 1 aromatic rings. The standard InChI is InChI=1S/C11H18N2S/c1-3-9-8-13(2)10(7-12-9)11-5-4-6-14-11/h4-6,9-10,12H,3,7-8H2,1-2H3. The number of nitrogens with zero attached hydrogens (tertiary/aromatic N) is 1. The van der Waals surface area contributed by atoms with Crippen LogP contribution in [-0.2, 0) is 0 Å². The largest absolute Gasteiger partial charge is 0.311 e. The quantitative estimate of drug-likeness (QED) is 0.804. The van der Waals surface area contributed by atoms with Crippen LogP contribution in [0.2, 0.25) is 0 Å². The number of nitrogens with one attached hydrogen (secondary N) is 1. The lowest BCUT2D eigenvalue weighted by atomic mass is 10.1. The van der Waals surface area contributed by atoms with Crippen molar-refractivity contribution in [2.75, 3.05) is 20.1 Å². The van der Waals surface area contributed by atoms with E-state index >= 15 is 0 Å². The molecule has 2 unspecified atom stereocenters. The number of rotatable bonds is 2. The van der Waals surface area contributed by atoms with Gasteiger partial charge < -0.3 is 5.32 Å². The second-order valence-electron chi connectivity index (χ2n) is 3.98. The van der Waals surface area contributed by atoms with Gasteiger partial charge in [-0.15, -0.1) is 11.3 Å². The molecule has 2 nitrogen and oxygen atoms in total. The zero-order valence-corrected chi connectivity index (χ0v) is 9.68. The number of piperazine rings is 1. The maximum Gasteiger partial charge on any atom is 0.0564 e. The van der Waals surface area contributed by atoms with E-state index in [-0.39, 0.29) is 0 Å². The van der Waals surface area contributed by atoms with E-state index in [4.69, 9.17) is 0 Å². The lowest BCUT2D eigenvalue weighted by molar-refractivity contribution is 0.164. The summed E-state index contributed by atoms with van der Waals surface area (Å²) in [7, 11) is 2.23. The van der Waals surface area contributed by atoms with Crippen LogP contribution in [0.4, 0.5) is 0 Å². The van der Waals surface area contributed by atoms with Gasteiger partial charge in [-0.05, 0) is 24.9 Å². The molecule has 1 aromatic heterocycles. The molecule has 78 valence electrons. The second-order valence-corrected chi connectivity index (χ2v) is 4.96. The molecule has 1 saturated heterocycles. The predicted molar refractivity (Wildman–Crippen MR) is 61.8 cm³/mol. The molecule has 0 radical (unpaired) electrons. The third-order valence-corrected chi connectivity index (χ3v) is 3.98. The molecule has 0 bridgehead atoms. The SMILES string of the molecule is CCC1CN(C)C(c2cccs2)CN1. The summed E-state index contributed by atoms with van der Waals surface area (Å²) in [5.41, 5.74) is 0. The maximum atomic E-state index is 3.60. The van der Waals surface area contributed by atoms with Gasteiger partial charge in [0.15, 0.2) is 0 Å². The van der Waals surface area contributed by atoms with Gasteiger partial charge in [-0.25, -0.2) is 0 Å². The molecule has 0 aliphatic carbocycles. The third-order valence-electron chi connectivity index (χ3n) is 3.00. The zero-order chi connectivity index (χ0) is 9.97. The first kappa shape index (κ1) is 10.1. The first-order valence-electron chi connectivity index (χ1n) is 5.28.